The Labute approximate surface area is 113 Å². The van der Waals surface area contributed by atoms with Gasteiger partial charge in [0, 0.05) is 23.4 Å². The molecule has 0 aliphatic rings. The molecule has 0 bridgehead atoms. The molecule has 2 rings (SSSR count). The summed E-state index contributed by atoms with van der Waals surface area (Å²) in [6.07, 6.45) is 0.151. The van der Waals surface area contributed by atoms with Crippen LogP contribution in [0.4, 0.5) is 8.78 Å². The van der Waals surface area contributed by atoms with Gasteiger partial charge >= 0.3 is 0 Å². The summed E-state index contributed by atoms with van der Waals surface area (Å²) in [6.45, 7) is 0. The molecule has 0 amide bonds. The normalized spacial score (nSPS) is 12.4. The molecule has 1 heterocycles. The van der Waals surface area contributed by atoms with Crippen molar-refractivity contribution in [2.45, 2.75) is 11.1 Å². The summed E-state index contributed by atoms with van der Waals surface area (Å²) in [4.78, 5) is 0. The summed E-state index contributed by atoms with van der Waals surface area (Å²) in [6, 6.07) is 7.77. The molecule has 2 aromatic rings. The van der Waals surface area contributed by atoms with Gasteiger partial charge in [-0.25, -0.2) is 8.78 Å². The number of halogens is 2. The third-order valence-corrected chi connectivity index (χ3v) is 3.59. The number of hydrogen-bond acceptors (Lipinski definition) is 3. The van der Waals surface area contributed by atoms with Crippen molar-refractivity contribution in [1.29, 1.82) is 0 Å². The fraction of sp³-hybridized carbons (Fsp3) is 0.154. The zero-order valence-electron chi connectivity index (χ0n) is 9.79. The zero-order valence-corrected chi connectivity index (χ0v) is 10.6. The van der Waals surface area contributed by atoms with Gasteiger partial charge in [0.25, 0.3) is 5.03 Å². The van der Waals surface area contributed by atoms with Crippen LogP contribution in [0.2, 0.25) is 0 Å². The lowest BCUT2D eigenvalue weighted by atomic mass is 10.1. The van der Waals surface area contributed by atoms with E-state index in [1.54, 1.807) is 18.2 Å². The Balaban J connectivity index is 2.07. The molecular weight excluding hydrogens is 272 g/mol. The maximum Gasteiger partial charge on any atom is 0.251 e. The van der Waals surface area contributed by atoms with Crippen molar-refractivity contribution in [1.82, 2.24) is 0 Å². The highest BCUT2D eigenvalue weighted by Crippen LogP contribution is 2.24. The molecule has 0 saturated heterocycles. The smallest absolute Gasteiger partial charge is 0.251 e. The Kier molecular flexibility index (Phi) is 4.34. The van der Waals surface area contributed by atoms with Crippen molar-refractivity contribution in [2.75, 3.05) is 5.75 Å². The van der Waals surface area contributed by atoms with Crippen LogP contribution in [0, 0.1) is 16.8 Å². The van der Waals surface area contributed by atoms with Gasteiger partial charge in [0.05, 0.1) is 6.10 Å². The largest absolute Gasteiger partial charge is 0.618 e. The molecule has 1 N–H and O–H groups in total. The summed E-state index contributed by atoms with van der Waals surface area (Å²) < 4.78 is 27.1. The van der Waals surface area contributed by atoms with Crippen LogP contribution in [-0.2, 0) is 0 Å². The van der Waals surface area contributed by atoms with E-state index in [0.717, 1.165) is 30.0 Å². The van der Waals surface area contributed by atoms with Gasteiger partial charge in [0.1, 0.15) is 11.6 Å². The number of aliphatic hydroxyl groups is 1. The minimum atomic E-state index is -1.18. The number of nitrogens with zero attached hydrogens (tertiary/aromatic N) is 1. The van der Waals surface area contributed by atoms with E-state index in [4.69, 9.17) is 0 Å². The molecule has 3 nitrogen and oxygen atoms in total. The topological polar surface area (TPSA) is 47.2 Å². The van der Waals surface area contributed by atoms with Crippen molar-refractivity contribution in [3.63, 3.8) is 0 Å². The average Bonchev–Trinajstić information content (AvgIpc) is 2.40. The quantitative estimate of drug-likeness (QED) is 0.532. The molecule has 0 fully saturated rings. The summed E-state index contributed by atoms with van der Waals surface area (Å²) >= 11 is 1.08. The average molecular weight is 283 g/mol. The predicted molar refractivity (Wildman–Crippen MR) is 67.4 cm³/mol. The standard InChI is InChI=1S/C13H11F2NO2S/c14-9-4-5-11(15)10(7-9)12(17)8-19-13-3-1-2-6-16(13)18/h1-7,12,17H,8H2. The molecule has 0 saturated carbocycles. The van der Waals surface area contributed by atoms with Crippen molar-refractivity contribution in [3.05, 3.63) is 65.0 Å². The molecule has 1 aromatic heterocycles. The molecule has 6 heteroatoms. The van der Waals surface area contributed by atoms with Crippen LogP contribution in [0.25, 0.3) is 0 Å². The van der Waals surface area contributed by atoms with Gasteiger partial charge < -0.3 is 10.3 Å². The molecule has 1 atom stereocenters. The molecule has 100 valence electrons. The third-order valence-electron chi connectivity index (χ3n) is 2.49. The number of rotatable bonds is 4. The number of aliphatic hydroxyl groups excluding tert-OH is 1. The molecule has 0 aliphatic carbocycles. The molecular formula is C13H11F2NO2S. The molecule has 0 radical (unpaired) electrons. The van der Waals surface area contributed by atoms with E-state index in [0.29, 0.717) is 9.76 Å². The second-order valence-corrected chi connectivity index (χ2v) is 4.90. The van der Waals surface area contributed by atoms with E-state index in [9.17, 15) is 19.1 Å². The zero-order chi connectivity index (χ0) is 13.8. The Morgan fingerprint density at radius 2 is 2.05 bits per heavy atom. The first-order chi connectivity index (χ1) is 9.08. The van der Waals surface area contributed by atoms with E-state index in [-0.39, 0.29) is 11.3 Å². The van der Waals surface area contributed by atoms with Crippen LogP contribution < -0.4 is 4.73 Å². The van der Waals surface area contributed by atoms with Crippen LogP contribution in [0.1, 0.15) is 11.7 Å². The minimum Gasteiger partial charge on any atom is -0.618 e. The van der Waals surface area contributed by atoms with Gasteiger partial charge in [-0.2, -0.15) is 4.73 Å². The lowest BCUT2D eigenvalue weighted by Gasteiger charge is -2.11. The van der Waals surface area contributed by atoms with Crippen LogP contribution in [0.15, 0.2) is 47.6 Å². The highest BCUT2D eigenvalue weighted by atomic mass is 32.2. The first kappa shape index (κ1) is 13.8. The maximum absolute atomic E-state index is 13.4. The number of benzene rings is 1. The van der Waals surface area contributed by atoms with Crippen molar-refractivity contribution in [2.24, 2.45) is 0 Å². The number of pyridine rings is 1. The molecule has 0 aliphatic heterocycles. The van der Waals surface area contributed by atoms with E-state index in [2.05, 4.69) is 0 Å². The molecule has 19 heavy (non-hydrogen) atoms. The van der Waals surface area contributed by atoms with E-state index in [1.807, 2.05) is 0 Å². The SMILES string of the molecule is [O-][n+]1ccccc1SCC(O)c1cc(F)ccc1F. The Morgan fingerprint density at radius 1 is 1.26 bits per heavy atom. The lowest BCUT2D eigenvalue weighted by Crippen LogP contribution is -2.28. The van der Waals surface area contributed by atoms with Crippen LogP contribution >= 0.6 is 11.8 Å². The van der Waals surface area contributed by atoms with Crippen molar-refractivity contribution >= 4 is 11.8 Å². The van der Waals surface area contributed by atoms with Crippen LogP contribution in [0.3, 0.4) is 0 Å². The third kappa shape index (κ3) is 3.42. The van der Waals surface area contributed by atoms with E-state index < -0.39 is 17.7 Å². The first-order valence-electron chi connectivity index (χ1n) is 5.52. The van der Waals surface area contributed by atoms with Gasteiger partial charge in [0.15, 0.2) is 6.20 Å². The lowest BCUT2D eigenvalue weighted by molar-refractivity contribution is -0.645. The van der Waals surface area contributed by atoms with Crippen molar-refractivity contribution < 1.29 is 18.6 Å². The molecule has 0 spiro atoms. The summed E-state index contributed by atoms with van der Waals surface area (Å²) in [5.74, 6) is -1.22. The summed E-state index contributed by atoms with van der Waals surface area (Å²) in [5.41, 5.74) is -0.110. The van der Waals surface area contributed by atoms with Crippen molar-refractivity contribution in [3.8, 4) is 0 Å². The summed E-state index contributed by atoms with van der Waals surface area (Å²) in [5, 5.41) is 21.6. The molecule has 1 aromatic carbocycles. The first-order valence-corrected chi connectivity index (χ1v) is 6.50. The highest BCUT2D eigenvalue weighted by Gasteiger charge is 2.16. The highest BCUT2D eigenvalue weighted by molar-refractivity contribution is 7.99. The number of thioether (sulfide) groups is 1. The predicted octanol–water partition coefficient (Wildman–Crippen LogP) is 2.42. The molecule has 1 unspecified atom stereocenters. The fourth-order valence-electron chi connectivity index (χ4n) is 1.55. The fourth-order valence-corrected chi connectivity index (χ4v) is 2.42. The Hall–Kier alpha value is -1.66. The second-order valence-electron chi connectivity index (χ2n) is 3.86. The number of aromatic nitrogens is 1. The number of hydrogen-bond donors (Lipinski definition) is 1. The minimum absolute atomic E-state index is 0.0621. The van der Waals surface area contributed by atoms with Gasteiger partial charge in [-0.05, 0) is 24.3 Å². The second kappa shape index (κ2) is 5.99. The maximum atomic E-state index is 13.4. The Morgan fingerprint density at radius 3 is 2.79 bits per heavy atom. The van der Waals surface area contributed by atoms with Gasteiger partial charge in [0.2, 0.25) is 0 Å². The van der Waals surface area contributed by atoms with Crippen LogP contribution in [-0.4, -0.2) is 10.9 Å². The van der Waals surface area contributed by atoms with E-state index >= 15 is 0 Å². The Bertz CT molecular complexity index is 580. The van der Waals surface area contributed by atoms with E-state index in [1.165, 1.54) is 6.20 Å². The monoisotopic (exact) mass is 283 g/mol. The van der Waals surface area contributed by atoms with Gasteiger partial charge in [-0.3, -0.25) is 0 Å². The summed E-state index contributed by atoms with van der Waals surface area (Å²) in [7, 11) is 0. The van der Waals surface area contributed by atoms with Gasteiger partial charge in [-0.1, -0.05) is 11.8 Å². The van der Waals surface area contributed by atoms with Crippen LogP contribution in [0.5, 0.6) is 0 Å². The van der Waals surface area contributed by atoms with Gasteiger partial charge in [-0.15, -0.1) is 0 Å².